The number of furan rings is 1. The lowest BCUT2D eigenvalue weighted by atomic mass is 10.1. The Morgan fingerprint density at radius 3 is 2.38 bits per heavy atom. The van der Waals surface area contributed by atoms with Crippen LogP contribution in [0.15, 0.2) is 70.2 Å². The van der Waals surface area contributed by atoms with Crippen LogP contribution in [-0.2, 0) is 14.8 Å². The van der Waals surface area contributed by atoms with E-state index in [1.165, 1.54) is 28.8 Å². The van der Waals surface area contributed by atoms with Crippen LogP contribution >= 0.6 is 0 Å². The van der Waals surface area contributed by atoms with Crippen molar-refractivity contribution in [1.29, 1.82) is 0 Å². The number of piperazine rings is 1. The summed E-state index contributed by atoms with van der Waals surface area (Å²) in [6, 6.07) is 12.8. The maximum atomic E-state index is 13.3. The Balaban J connectivity index is 1.27. The van der Waals surface area contributed by atoms with Gasteiger partial charge in [-0.05, 0) is 67.4 Å². The van der Waals surface area contributed by atoms with Crippen LogP contribution in [0.25, 0.3) is 0 Å². The van der Waals surface area contributed by atoms with Crippen molar-refractivity contribution in [3.63, 3.8) is 0 Å². The van der Waals surface area contributed by atoms with E-state index >= 15 is 0 Å². The highest BCUT2D eigenvalue weighted by Gasteiger charge is 2.30. The summed E-state index contributed by atoms with van der Waals surface area (Å²) >= 11 is 0. The molecule has 0 bridgehead atoms. The molecule has 0 radical (unpaired) electrons. The van der Waals surface area contributed by atoms with Gasteiger partial charge in [0, 0.05) is 57.8 Å². The van der Waals surface area contributed by atoms with Gasteiger partial charge in [-0.25, -0.2) is 12.8 Å². The summed E-state index contributed by atoms with van der Waals surface area (Å²) in [7, 11) is -3.80. The average Bonchev–Trinajstić information content (AvgIpc) is 3.68. The summed E-state index contributed by atoms with van der Waals surface area (Å²) in [6.07, 6.45) is 3.45. The molecule has 0 unspecified atom stereocenters. The van der Waals surface area contributed by atoms with Crippen molar-refractivity contribution in [2.45, 2.75) is 24.2 Å². The van der Waals surface area contributed by atoms with Gasteiger partial charge in [0.1, 0.15) is 5.82 Å². The standard InChI is InChI=1S/C29H32FN5O6S/c30-22-7-9-23(10-8-22)42(39,40)35-17-15-33(16-18-35)25-11-6-21(20-24(25)32-29(38)26-4-2-19-41-26)28(37)31-12-3-14-34-13-1-5-27(34)36/h2,4,6-11,19-20H,1,3,5,12-18H2,(H,31,37)(H,32,38). The Morgan fingerprint density at radius 2 is 1.71 bits per heavy atom. The number of halogens is 1. The number of amides is 3. The fraction of sp³-hybridized carbons (Fsp3) is 0.345. The smallest absolute Gasteiger partial charge is 0.291 e. The molecule has 2 aliphatic rings. The van der Waals surface area contributed by atoms with E-state index in [0.29, 0.717) is 56.0 Å². The zero-order valence-corrected chi connectivity index (χ0v) is 23.7. The van der Waals surface area contributed by atoms with Gasteiger partial charge >= 0.3 is 0 Å². The van der Waals surface area contributed by atoms with Gasteiger partial charge < -0.3 is 24.9 Å². The molecule has 2 fully saturated rings. The van der Waals surface area contributed by atoms with Gasteiger partial charge in [-0.15, -0.1) is 0 Å². The molecule has 5 rings (SSSR count). The largest absolute Gasteiger partial charge is 0.459 e. The molecule has 11 nitrogen and oxygen atoms in total. The first-order valence-electron chi connectivity index (χ1n) is 13.8. The molecular formula is C29H32FN5O6S. The van der Waals surface area contributed by atoms with Gasteiger partial charge in [0.2, 0.25) is 15.9 Å². The topological polar surface area (TPSA) is 132 Å². The average molecular weight is 598 g/mol. The second kappa shape index (κ2) is 12.7. The highest BCUT2D eigenvalue weighted by atomic mass is 32.2. The molecule has 2 aromatic carbocycles. The van der Waals surface area contributed by atoms with Crippen molar-refractivity contribution in [2.75, 3.05) is 56.0 Å². The molecule has 3 aromatic rings. The van der Waals surface area contributed by atoms with Crippen LogP contribution in [0.1, 0.15) is 40.2 Å². The van der Waals surface area contributed by atoms with Crippen LogP contribution in [0.5, 0.6) is 0 Å². The molecule has 0 atom stereocenters. The van der Waals surface area contributed by atoms with Crippen molar-refractivity contribution >= 4 is 39.1 Å². The molecule has 1 aromatic heterocycles. The Bertz CT molecular complexity index is 1540. The SMILES string of the molecule is O=C(NCCCN1CCCC1=O)c1ccc(N2CCN(S(=O)(=O)c3ccc(F)cc3)CC2)c(NC(=O)c2ccco2)c1. The lowest BCUT2D eigenvalue weighted by molar-refractivity contribution is -0.127. The number of anilines is 2. The quantitative estimate of drug-likeness (QED) is 0.344. The van der Waals surface area contributed by atoms with Crippen molar-refractivity contribution in [2.24, 2.45) is 0 Å². The molecule has 3 amide bonds. The number of likely N-dealkylation sites (tertiary alicyclic amines) is 1. The number of carbonyl (C=O) groups is 3. The summed E-state index contributed by atoms with van der Waals surface area (Å²) in [4.78, 5) is 41.3. The van der Waals surface area contributed by atoms with Gasteiger partial charge in [-0.2, -0.15) is 4.31 Å². The predicted octanol–water partition coefficient (Wildman–Crippen LogP) is 2.92. The second-order valence-electron chi connectivity index (χ2n) is 10.1. The van der Waals surface area contributed by atoms with Crippen LogP contribution in [0.4, 0.5) is 15.8 Å². The Kier molecular flexibility index (Phi) is 8.88. The third kappa shape index (κ3) is 6.63. The van der Waals surface area contributed by atoms with Gasteiger partial charge in [0.15, 0.2) is 5.76 Å². The maximum Gasteiger partial charge on any atom is 0.291 e. The molecule has 2 N–H and O–H groups in total. The van der Waals surface area contributed by atoms with E-state index in [2.05, 4.69) is 10.6 Å². The van der Waals surface area contributed by atoms with Crippen LogP contribution in [-0.4, -0.2) is 81.2 Å². The lowest BCUT2D eigenvalue weighted by Crippen LogP contribution is -2.48. The normalized spacial score (nSPS) is 16.1. The minimum Gasteiger partial charge on any atom is -0.459 e. The van der Waals surface area contributed by atoms with Crippen molar-refractivity contribution < 1.29 is 31.6 Å². The second-order valence-corrected chi connectivity index (χ2v) is 12.0. The first-order chi connectivity index (χ1) is 20.2. The van der Waals surface area contributed by atoms with Crippen molar-refractivity contribution in [3.05, 3.63) is 78.0 Å². The molecular weight excluding hydrogens is 565 g/mol. The van der Waals surface area contributed by atoms with E-state index in [1.54, 1.807) is 29.2 Å². The van der Waals surface area contributed by atoms with E-state index < -0.39 is 21.7 Å². The van der Waals surface area contributed by atoms with E-state index in [-0.39, 0.29) is 35.6 Å². The molecule has 0 spiro atoms. The molecule has 0 saturated carbocycles. The molecule has 3 heterocycles. The molecule has 42 heavy (non-hydrogen) atoms. The number of hydrogen-bond acceptors (Lipinski definition) is 7. The number of nitrogens with zero attached hydrogens (tertiary/aromatic N) is 3. The lowest BCUT2D eigenvalue weighted by Gasteiger charge is -2.36. The summed E-state index contributed by atoms with van der Waals surface area (Å²) in [5, 5.41) is 5.69. The van der Waals surface area contributed by atoms with E-state index in [0.717, 1.165) is 25.1 Å². The van der Waals surface area contributed by atoms with E-state index in [4.69, 9.17) is 4.42 Å². The van der Waals surface area contributed by atoms with Crippen LogP contribution < -0.4 is 15.5 Å². The summed E-state index contributed by atoms with van der Waals surface area (Å²) in [5.41, 5.74) is 1.34. The third-order valence-corrected chi connectivity index (χ3v) is 9.26. The van der Waals surface area contributed by atoms with Gasteiger partial charge in [0.05, 0.1) is 22.5 Å². The number of nitrogens with one attached hydrogen (secondary N) is 2. The highest BCUT2D eigenvalue weighted by molar-refractivity contribution is 7.89. The monoisotopic (exact) mass is 597 g/mol. The molecule has 222 valence electrons. The predicted molar refractivity (Wildman–Crippen MR) is 153 cm³/mol. The summed E-state index contributed by atoms with van der Waals surface area (Å²) < 4.78 is 46.0. The van der Waals surface area contributed by atoms with Crippen LogP contribution in [0.2, 0.25) is 0 Å². The van der Waals surface area contributed by atoms with Crippen LogP contribution in [0, 0.1) is 5.82 Å². The first-order valence-corrected chi connectivity index (χ1v) is 15.2. The Morgan fingerprint density at radius 1 is 0.952 bits per heavy atom. The minimum atomic E-state index is -3.80. The van der Waals surface area contributed by atoms with Gasteiger partial charge in [0.25, 0.3) is 11.8 Å². The number of carbonyl (C=O) groups excluding carboxylic acids is 3. The highest BCUT2D eigenvalue weighted by Crippen LogP contribution is 2.30. The summed E-state index contributed by atoms with van der Waals surface area (Å²) in [5.74, 6) is -1.09. The fourth-order valence-electron chi connectivity index (χ4n) is 5.08. The Hall–Kier alpha value is -4.23. The maximum absolute atomic E-state index is 13.3. The number of hydrogen-bond donors (Lipinski definition) is 2. The molecule has 13 heteroatoms. The zero-order valence-electron chi connectivity index (χ0n) is 22.9. The summed E-state index contributed by atoms with van der Waals surface area (Å²) in [6.45, 7) is 2.73. The minimum absolute atomic E-state index is 0.0196. The third-order valence-electron chi connectivity index (χ3n) is 7.34. The first kappa shape index (κ1) is 29.3. The van der Waals surface area contributed by atoms with E-state index in [9.17, 15) is 27.2 Å². The van der Waals surface area contributed by atoms with E-state index in [1.807, 2.05) is 4.90 Å². The molecule has 0 aliphatic carbocycles. The number of rotatable bonds is 10. The number of benzene rings is 2. The fourth-order valence-corrected chi connectivity index (χ4v) is 6.51. The molecule has 2 saturated heterocycles. The van der Waals surface area contributed by atoms with Gasteiger partial charge in [-0.1, -0.05) is 0 Å². The van der Waals surface area contributed by atoms with Crippen molar-refractivity contribution in [3.8, 4) is 0 Å². The van der Waals surface area contributed by atoms with Crippen LogP contribution in [0.3, 0.4) is 0 Å². The number of sulfonamides is 1. The molecule has 2 aliphatic heterocycles. The van der Waals surface area contributed by atoms with Crippen molar-refractivity contribution in [1.82, 2.24) is 14.5 Å². The van der Waals surface area contributed by atoms with Gasteiger partial charge in [-0.3, -0.25) is 14.4 Å². The Labute approximate surface area is 243 Å². The zero-order chi connectivity index (χ0) is 29.7.